The smallest absolute Gasteiger partial charge is 0.462 e. The van der Waals surface area contributed by atoms with Gasteiger partial charge in [0, 0.05) is 12.8 Å². The molecule has 0 radical (unpaired) electrons. The molecule has 0 fully saturated rings. The van der Waals surface area contributed by atoms with Crippen LogP contribution in [0.4, 0.5) is 0 Å². The monoisotopic (exact) mass is 682 g/mol. The molecule has 0 aromatic rings. The number of ether oxygens (including phenoxy) is 2. The van der Waals surface area contributed by atoms with Crippen LogP contribution >= 0.6 is 7.82 Å². The van der Waals surface area contributed by atoms with Gasteiger partial charge < -0.3 is 14.4 Å². The Bertz CT molecular complexity index is 911. The number of carbonyl (C=O) groups excluding carboxylic acids is 2. The minimum absolute atomic E-state index is 0.00470. The Hall–Kier alpha value is -1.99. The molecule has 9 heteroatoms. The lowest BCUT2D eigenvalue weighted by Gasteiger charge is -2.19. The Morgan fingerprint density at radius 2 is 1.09 bits per heavy atom. The van der Waals surface area contributed by atoms with E-state index in [-0.39, 0.29) is 32.0 Å². The number of allylic oxidation sites excluding steroid dienone is 8. The van der Waals surface area contributed by atoms with Crippen molar-refractivity contribution in [2.45, 2.75) is 162 Å². The van der Waals surface area contributed by atoms with Gasteiger partial charge in [0.2, 0.25) is 0 Å². The summed E-state index contributed by atoms with van der Waals surface area (Å²) in [5, 5.41) is 0. The number of rotatable bonds is 33. The minimum Gasteiger partial charge on any atom is -0.462 e. The molecule has 2 atom stereocenters. The van der Waals surface area contributed by atoms with Crippen molar-refractivity contribution in [2.24, 2.45) is 0 Å². The Labute approximate surface area is 287 Å². The predicted molar refractivity (Wildman–Crippen MR) is 193 cm³/mol. The van der Waals surface area contributed by atoms with Crippen LogP contribution in [0.2, 0.25) is 0 Å². The summed E-state index contributed by atoms with van der Waals surface area (Å²) in [7, 11) is -4.28. The first-order chi connectivity index (χ1) is 22.8. The van der Waals surface area contributed by atoms with E-state index in [1.54, 1.807) is 6.92 Å². The SMILES string of the molecule is CC/C=C\C/C=C\C/C=C\CCCCCCCCCC(=O)OC(COC(=O)CCCCCCC/C=C\CCC)COP(=O)(O)OCC. The molecule has 0 bridgehead atoms. The van der Waals surface area contributed by atoms with Gasteiger partial charge in [-0.05, 0) is 71.1 Å². The molecule has 0 aromatic carbocycles. The third-order valence-corrected chi connectivity index (χ3v) is 8.41. The molecule has 0 aliphatic heterocycles. The summed E-state index contributed by atoms with van der Waals surface area (Å²) in [6.07, 6.45) is 37.4. The van der Waals surface area contributed by atoms with Crippen molar-refractivity contribution in [1.82, 2.24) is 0 Å². The van der Waals surface area contributed by atoms with E-state index in [9.17, 15) is 19.0 Å². The maximum absolute atomic E-state index is 12.5. The van der Waals surface area contributed by atoms with Crippen LogP contribution < -0.4 is 0 Å². The number of hydrogen-bond acceptors (Lipinski definition) is 7. The van der Waals surface area contributed by atoms with Gasteiger partial charge in [-0.15, -0.1) is 0 Å². The molecule has 0 aliphatic rings. The third-order valence-electron chi connectivity index (χ3n) is 7.35. The van der Waals surface area contributed by atoms with Crippen LogP contribution in [0.15, 0.2) is 48.6 Å². The highest BCUT2D eigenvalue weighted by Crippen LogP contribution is 2.43. The summed E-state index contributed by atoms with van der Waals surface area (Å²) in [5.41, 5.74) is 0. The molecule has 1 N–H and O–H groups in total. The molecule has 8 nitrogen and oxygen atoms in total. The fourth-order valence-electron chi connectivity index (χ4n) is 4.70. The summed E-state index contributed by atoms with van der Waals surface area (Å²) in [4.78, 5) is 34.5. The Morgan fingerprint density at radius 1 is 0.596 bits per heavy atom. The topological polar surface area (TPSA) is 108 Å². The molecule has 0 spiro atoms. The van der Waals surface area contributed by atoms with E-state index in [1.807, 2.05) is 0 Å². The predicted octanol–water partition coefficient (Wildman–Crippen LogP) is 11.1. The van der Waals surface area contributed by atoms with Crippen LogP contribution in [0.3, 0.4) is 0 Å². The van der Waals surface area contributed by atoms with Crippen LogP contribution in [0.25, 0.3) is 0 Å². The van der Waals surface area contributed by atoms with Crippen molar-refractivity contribution in [2.75, 3.05) is 19.8 Å². The van der Waals surface area contributed by atoms with Crippen LogP contribution in [0.1, 0.15) is 156 Å². The number of phosphoric ester groups is 1. The number of hydrogen-bond donors (Lipinski definition) is 1. The second-order valence-corrected chi connectivity index (χ2v) is 13.3. The Balaban J connectivity index is 4.17. The van der Waals surface area contributed by atoms with E-state index in [0.29, 0.717) is 6.42 Å². The normalized spacial score (nSPS) is 14.0. The first-order valence-electron chi connectivity index (χ1n) is 18.4. The van der Waals surface area contributed by atoms with E-state index >= 15 is 0 Å². The molecule has 0 saturated heterocycles. The molecular formula is C38H67O8P. The van der Waals surface area contributed by atoms with Crippen molar-refractivity contribution in [3.05, 3.63) is 48.6 Å². The van der Waals surface area contributed by atoms with E-state index in [4.69, 9.17) is 18.5 Å². The van der Waals surface area contributed by atoms with E-state index < -0.39 is 26.5 Å². The molecule has 0 amide bonds. The van der Waals surface area contributed by atoms with Gasteiger partial charge in [0.05, 0.1) is 13.2 Å². The van der Waals surface area contributed by atoms with Crippen molar-refractivity contribution in [3.63, 3.8) is 0 Å². The summed E-state index contributed by atoms with van der Waals surface area (Å²) in [6.45, 7) is 5.25. The van der Waals surface area contributed by atoms with E-state index in [2.05, 4.69) is 62.5 Å². The quantitative estimate of drug-likeness (QED) is 0.0315. The molecule has 272 valence electrons. The first kappa shape index (κ1) is 45.0. The number of phosphoric acid groups is 1. The zero-order valence-electron chi connectivity index (χ0n) is 29.9. The van der Waals surface area contributed by atoms with E-state index in [1.165, 1.54) is 25.7 Å². The number of esters is 2. The summed E-state index contributed by atoms with van der Waals surface area (Å²) >= 11 is 0. The summed E-state index contributed by atoms with van der Waals surface area (Å²) in [6, 6.07) is 0. The van der Waals surface area contributed by atoms with Crippen molar-refractivity contribution in [3.8, 4) is 0 Å². The number of unbranched alkanes of at least 4 members (excludes halogenated alkanes) is 13. The minimum atomic E-state index is -4.28. The third kappa shape index (κ3) is 33.7. The lowest BCUT2D eigenvalue weighted by molar-refractivity contribution is -0.161. The lowest BCUT2D eigenvalue weighted by atomic mass is 10.1. The maximum atomic E-state index is 12.5. The van der Waals surface area contributed by atoms with Crippen LogP contribution in [0.5, 0.6) is 0 Å². The standard InChI is InChI=1S/C38H67O8P/c1-4-7-9-11-13-15-17-18-19-20-21-22-23-25-27-29-31-33-38(40)46-36(35-45-47(41,42)44-6-3)34-43-37(39)32-30-28-26-24-16-14-12-10-8-5-2/h7,9-10,12-13,15,18-19,36H,4-6,8,11,14,16-17,20-35H2,1-3H3,(H,41,42)/b9-7-,12-10-,15-13-,19-18-. The number of carbonyl (C=O) groups is 2. The highest BCUT2D eigenvalue weighted by Gasteiger charge is 2.25. The average Bonchev–Trinajstić information content (AvgIpc) is 3.04. The largest absolute Gasteiger partial charge is 0.472 e. The van der Waals surface area contributed by atoms with Gasteiger partial charge in [0.1, 0.15) is 6.61 Å². The van der Waals surface area contributed by atoms with Crippen molar-refractivity contribution < 1.29 is 37.6 Å². The van der Waals surface area contributed by atoms with Crippen LogP contribution in [-0.4, -0.2) is 42.8 Å². The Kier molecular flexibility index (Phi) is 32.5. The van der Waals surface area contributed by atoms with Gasteiger partial charge in [0.15, 0.2) is 6.10 Å². The van der Waals surface area contributed by atoms with Gasteiger partial charge in [-0.2, -0.15) is 0 Å². The van der Waals surface area contributed by atoms with Gasteiger partial charge in [-0.25, -0.2) is 4.57 Å². The van der Waals surface area contributed by atoms with Crippen molar-refractivity contribution >= 4 is 19.8 Å². The zero-order valence-corrected chi connectivity index (χ0v) is 30.8. The van der Waals surface area contributed by atoms with E-state index in [0.717, 1.165) is 89.9 Å². The van der Waals surface area contributed by atoms with Crippen molar-refractivity contribution in [1.29, 1.82) is 0 Å². The van der Waals surface area contributed by atoms with Crippen LogP contribution in [-0.2, 0) is 32.7 Å². The molecule has 0 aliphatic carbocycles. The zero-order chi connectivity index (χ0) is 34.7. The Morgan fingerprint density at radius 3 is 1.66 bits per heavy atom. The van der Waals surface area contributed by atoms with Gasteiger partial charge in [0.25, 0.3) is 0 Å². The molecular weight excluding hydrogens is 615 g/mol. The fourth-order valence-corrected chi connectivity index (χ4v) is 5.46. The van der Waals surface area contributed by atoms with Crippen LogP contribution in [0, 0.1) is 0 Å². The fraction of sp³-hybridized carbons (Fsp3) is 0.737. The molecule has 0 rings (SSSR count). The van der Waals surface area contributed by atoms with Gasteiger partial charge in [-0.3, -0.25) is 18.6 Å². The first-order valence-corrected chi connectivity index (χ1v) is 19.9. The molecule has 0 heterocycles. The maximum Gasteiger partial charge on any atom is 0.472 e. The summed E-state index contributed by atoms with van der Waals surface area (Å²) < 4.78 is 32.4. The molecule has 47 heavy (non-hydrogen) atoms. The molecule has 0 aromatic heterocycles. The summed E-state index contributed by atoms with van der Waals surface area (Å²) in [5.74, 6) is -0.827. The second-order valence-electron chi connectivity index (χ2n) is 11.9. The van der Waals surface area contributed by atoms with Gasteiger partial charge >= 0.3 is 19.8 Å². The van der Waals surface area contributed by atoms with Gasteiger partial charge in [-0.1, -0.05) is 120 Å². The lowest BCUT2D eigenvalue weighted by Crippen LogP contribution is -2.29. The molecule has 0 saturated carbocycles. The molecule has 2 unspecified atom stereocenters. The average molecular weight is 683 g/mol. The highest BCUT2D eigenvalue weighted by atomic mass is 31.2. The second kappa shape index (κ2) is 33.9. The highest BCUT2D eigenvalue weighted by molar-refractivity contribution is 7.47.